The van der Waals surface area contributed by atoms with E-state index in [0.717, 1.165) is 22.3 Å². The first-order valence-corrected chi connectivity index (χ1v) is 7.47. The van der Waals surface area contributed by atoms with E-state index >= 15 is 0 Å². The molecule has 3 aromatic heterocycles. The van der Waals surface area contributed by atoms with Crippen LogP contribution in [0.1, 0.15) is 13.8 Å². The molecule has 0 bridgehead atoms. The molecule has 0 unspecified atom stereocenters. The van der Waals surface area contributed by atoms with Crippen LogP contribution in [0, 0.1) is 0 Å². The summed E-state index contributed by atoms with van der Waals surface area (Å²) in [5.74, 6) is 0. The number of anilines is 1. The average Bonchev–Trinajstić information content (AvgIpc) is 3.03. The molecular weight excluding hydrogens is 286 g/mol. The van der Waals surface area contributed by atoms with Crippen LogP contribution in [0.15, 0.2) is 29.9 Å². The average molecular weight is 301 g/mol. The molecule has 3 aromatic rings. The van der Waals surface area contributed by atoms with Crippen LogP contribution in [0.5, 0.6) is 0 Å². The zero-order valence-corrected chi connectivity index (χ0v) is 12.5. The molecule has 0 saturated carbocycles. The maximum absolute atomic E-state index is 11.7. The summed E-state index contributed by atoms with van der Waals surface area (Å²) in [5.41, 5.74) is 2.62. The molecule has 7 heteroatoms. The van der Waals surface area contributed by atoms with E-state index in [1.807, 2.05) is 37.6 Å². The number of hydrogen-bond donors (Lipinski definition) is 3. The lowest BCUT2D eigenvalue weighted by Gasteiger charge is -2.07. The standard InChI is InChI=1S/C14H15N5OS/c1-8(2)17-13(20)19-14-18-11(7-21-14)10-6-16-12-9(10)4-3-5-15-12/h3-8H,1-2H3,(H,15,16)(H2,17,18,19,20). The van der Waals surface area contributed by atoms with Crippen molar-refractivity contribution in [3.05, 3.63) is 29.9 Å². The van der Waals surface area contributed by atoms with Crippen LogP contribution in [0.2, 0.25) is 0 Å². The number of urea groups is 1. The first-order chi connectivity index (χ1) is 10.1. The first-order valence-electron chi connectivity index (χ1n) is 6.59. The van der Waals surface area contributed by atoms with E-state index in [0.29, 0.717) is 5.13 Å². The van der Waals surface area contributed by atoms with Gasteiger partial charge in [-0.2, -0.15) is 0 Å². The van der Waals surface area contributed by atoms with Gasteiger partial charge >= 0.3 is 6.03 Å². The molecule has 0 aromatic carbocycles. The van der Waals surface area contributed by atoms with Gasteiger partial charge in [-0.05, 0) is 26.0 Å². The second-order valence-electron chi connectivity index (χ2n) is 4.89. The smallest absolute Gasteiger partial charge is 0.321 e. The van der Waals surface area contributed by atoms with Crippen molar-refractivity contribution in [3.8, 4) is 11.3 Å². The van der Waals surface area contributed by atoms with Crippen molar-refractivity contribution in [2.75, 3.05) is 5.32 Å². The fourth-order valence-corrected chi connectivity index (χ4v) is 2.72. The number of pyridine rings is 1. The predicted molar refractivity (Wildman–Crippen MR) is 84.5 cm³/mol. The van der Waals surface area contributed by atoms with E-state index in [1.165, 1.54) is 11.3 Å². The Kier molecular flexibility index (Phi) is 3.57. The van der Waals surface area contributed by atoms with Gasteiger partial charge in [-0.25, -0.2) is 14.8 Å². The van der Waals surface area contributed by atoms with Crippen molar-refractivity contribution in [2.24, 2.45) is 0 Å². The number of carbonyl (C=O) groups is 1. The lowest BCUT2D eigenvalue weighted by molar-refractivity contribution is 0.250. The van der Waals surface area contributed by atoms with Crippen LogP contribution >= 0.6 is 11.3 Å². The number of H-pyrrole nitrogens is 1. The van der Waals surface area contributed by atoms with E-state index < -0.39 is 0 Å². The topological polar surface area (TPSA) is 82.7 Å². The number of nitrogens with one attached hydrogen (secondary N) is 3. The molecule has 108 valence electrons. The molecular formula is C14H15N5OS. The van der Waals surface area contributed by atoms with Crippen molar-refractivity contribution >= 4 is 33.5 Å². The monoisotopic (exact) mass is 301 g/mol. The molecule has 0 fully saturated rings. The third-order valence-electron chi connectivity index (χ3n) is 2.87. The van der Waals surface area contributed by atoms with E-state index in [2.05, 4.69) is 25.6 Å². The van der Waals surface area contributed by atoms with Crippen LogP contribution < -0.4 is 10.6 Å². The summed E-state index contributed by atoms with van der Waals surface area (Å²) < 4.78 is 0. The summed E-state index contributed by atoms with van der Waals surface area (Å²) >= 11 is 1.39. The van der Waals surface area contributed by atoms with Gasteiger partial charge in [-0.3, -0.25) is 5.32 Å². The highest BCUT2D eigenvalue weighted by Crippen LogP contribution is 2.30. The van der Waals surface area contributed by atoms with Crippen LogP contribution in [0.3, 0.4) is 0 Å². The largest absolute Gasteiger partial charge is 0.345 e. The summed E-state index contributed by atoms with van der Waals surface area (Å²) in [6, 6.07) is 3.73. The highest BCUT2D eigenvalue weighted by Gasteiger charge is 2.12. The Balaban J connectivity index is 1.83. The first kappa shape index (κ1) is 13.6. The highest BCUT2D eigenvalue weighted by molar-refractivity contribution is 7.14. The van der Waals surface area contributed by atoms with Gasteiger partial charge in [0.15, 0.2) is 5.13 Å². The Morgan fingerprint density at radius 2 is 2.29 bits per heavy atom. The Morgan fingerprint density at radius 1 is 1.43 bits per heavy atom. The zero-order chi connectivity index (χ0) is 14.8. The quantitative estimate of drug-likeness (QED) is 0.694. The number of aromatic amines is 1. The molecule has 21 heavy (non-hydrogen) atoms. The van der Waals surface area contributed by atoms with Crippen molar-refractivity contribution < 1.29 is 4.79 Å². The maximum Gasteiger partial charge on any atom is 0.321 e. The minimum atomic E-state index is -0.244. The summed E-state index contributed by atoms with van der Waals surface area (Å²) in [4.78, 5) is 23.5. The van der Waals surface area contributed by atoms with Gasteiger partial charge in [-0.1, -0.05) is 0 Å². The Bertz CT molecular complexity index is 776. The molecule has 0 saturated heterocycles. The van der Waals surface area contributed by atoms with Crippen LogP contribution in [-0.2, 0) is 0 Å². The lowest BCUT2D eigenvalue weighted by atomic mass is 10.2. The molecule has 0 radical (unpaired) electrons. The van der Waals surface area contributed by atoms with Crippen molar-refractivity contribution in [1.82, 2.24) is 20.3 Å². The highest BCUT2D eigenvalue weighted by atomic mass is 32.1. The number of fused-ring (bicyclic) bond motifs is 1. The predicted octanol–water partition coefficient (Wildman–Crippen LogP) is 3.22. The summed E-state index contributed by atoms with van der Waals surface area (Å²) in [7, 11) is 0. The maximum atomic E-state index is 11.7. The van der Waals surface area contributed by atoms with Crippen LogP contribution in [0.25, 0.3) is 22.3 Å². The van der Waals surface area contributed by atoms with Crippen LogP contribution in [-0.4, -0.2) is 27.0 Å². The van der Waals surface area contributed by atoms with Crippen molar-refractivity contribution in [3.63, 3.8) is 0 Å². The van der Waals surface area contributed by atoms with Gasteiger partial charge in [0.2, 0.25) is 0 Å². The molecule has 3 rings (SSSR count). The van der Waals surface area contributed by atoms with E-state index in [1.54, 1.807) is 6.20 Å². The molecule has 0 aliphatic heterocycles. The van der Waals surface area contributed by atoms with E-state index in [9.17, 15) is 4.79 Å². The minimum Gasteiger partial charge on any atom is -0.345 e. The van der Waals surface area contributed by atoms with Gasteiger partial charge in [-0.15, -0.1) is 11.3 Å². The Labute approximate surface area is 125 Å². The van der Waals surface area contributed by atoms with Gasteiger partial charge in [0.05, 0.1) is 5.69 Å². The number of amides is 2. The number of thiazole rings is 1. The summed E-state index contributed by atoms with van der Waals surface area (Å²) in [6.45, 7) is 3.82. The molecule has 0 atom stereocenters. The number of carbonyl (C=O) groups excluding carboxylic acids is 1. The normalized spacial score (nSPS) is 11.0. The number of rotatable bonds is 3. The molecule has 3 heterocycles. The second-order valence-corrected chi connectivity index (χ2v) is 5.75. The molecule has 0 spiro atoms. The van der Waals surface area contributed by atoms with E-state index in [-0.39, 0.29) is 12.1 Å². The van der Waals surface area contributed by atoms with Crippen LogP contribution in [0.4, 0.5) is 9.93 Å². The molecule has 2 amide bonds. The fourth-order valence-electron chi connectivity index (χ4n) is 2.02. The molecule has 3 N–H and O–H groups in total. The minimum absolute atomic E-state index is 0.0872. The zero-order valence-electron chi connectivity index (χ0n) is 11.7. The summed E-state index contributed by atoms with van der Waals surface area (Å²) in [6.07, 6.45) is 3.62. The van der Waals surface area contributed by atoms with E-state index in [4.69, 9.17) is 0 Å². The second kappa shape index (κ2) is 5.53. The molecule has 0 aliphatic carbocycles. The fraction of sp³-hybridized carbons (Fsp3) is 0.214. The van der Waals surface area contributed by atoms with Gasteiger partial charge in [0, 0.05) is 34.8 Å². The van der Waals surface area contributed by atoms with Crippen molar-refractivity contribution in [2.45, 2.75) is 19.9 Å². The van der Waals surface area contributed by atoms with Crippen molar-refractivity contribution in [1.29, 1.82) is 0 Å². The molecule has 0 aliphatic rings. The molecule has 6 nitrogen and oxygen atoms in total. The van der Waals surface area contributed by atoms with Gasteiger partial charge in [0.1, 0.15) is 5.65 Å². The number of hydrogen-bond acceptors (Lipinski definition) is 4. The Morgan fingerprint density at radius 3 is 3.10 bits per heavy atom. The number of nitrogens with zero attached hydrogens (tertiary/aromatic N) is 2. The SMILES string of the molecule is CC(C)NC(=O)Nc1nc(-c2c[nH]c3ncccc23)cs1. The lowest BCUT2D eigenvalue weighted by Crippen LogP contribution is -2.34. The number of aromatic nitrogens is 3. The van der Waals surface area contributed by atoms with Gasteiger partial charge < -0.3 is 10.3 Å². The third-order valence-corrected chi connectivity index (χ3v) is 3.63. The van der Waals surface area contributed by atoms with Gasteiger partial charge in [0.25, 0.3) is 0 Å². The summed E-state index contributed by atoms with van der Waals surface area (Å²) in [5, 5.41) is 9.00. The Hall–Kier alpha value is -2.41. The third kappa shape index (κ3) is 2.87.